The van der Waals surface area contributed by atoms with Gasteiger partial charge in [-0.2, -0.15) is 0 Å². The van der Waals surface area contributed by atoms with Crippen LogP contribution in [0.1, 0.15) is 22.8 Å². The Bertz CT molecular complexity index is 986. The molecule has 0 radical (unpaired) electrons. The van der Waals surface area contributed by atoms with Crippen LogP contribution >= 0.6 is 0 Å². The van der Waals surface area contributed by atoms with E-state index < -0.39 is 18.0 Å². The van der Waals surface area contributed by atoms with Crippen molar-refractivity contribution in [3.8, 4) is 11.5 Å². The number of esters is 1. The molecular weight excluding hydrogens is 382 g/mol. The zero-order valence-corrected chi connectivity index (χ0v) is 16.8. The van der Waals surface area contributed by atoms with E-state index in [2.05, 4.69) is 5.32 Å². The average Bonchev–Trinajstić information content (AvgIpc) is 2.76. The number of benzene rings is 3. The van der Waals surface area contributed by atoms with Crippen molar-refractivity contribution in [3.05, 3.63) is 90.0 Å². The first-order chi connectivity index (χ1) is 14.5. The number of methoxy groups -OCH3 is 1. The summed E-state index contributed by atoms with van der Waals surface area (Å²) in [6, 6.07) is 23.3. The van der Waals surface area contributed by atoms with Gasteiger partial charge in [0.05, 0.1) is 12.2 Å². The van der Waals surface area contributed by atoms with Crippen molar-refractivity contribution >= 4 is 17.6 Å². The minimum atomic E-state index is -0.955. The van der Waals surface area contributed by atoms with Crippen LogP contribution in [0.25, 0.3) is 0 Å². The van der Waals surface area contributed by atoms with Gasteiger partial charge < -0.3 is 19.5 Å². The number of hydrogen-bond donors (Lipinski definition) is 1. The lowest BCUT2D eigenvalue weighted by Gasteiger charge is -2.14. The van der Waals surface area contributed by atoms with Crippen molar-refractivity contribution in [2.75, 3.05) is 12.4 Å². The van der Waals surface area contributed by atoms with Gasteiger partial charge in [-0.1, -0.05) is 30.3 Å². The quantitative estimate of drug-likeness (QED) is 0.545. The maximum Gasteiger partial charge on any atom is 0.338 e. The summed E-state index contributed by atoms with van der Waals surface area (Å²) < 4.78 is 16.1. The highest BCUT2D eigenvalue weighted by Gasteiger charge is 2.19. The number of nitrogens with one attached hydrogen (secondary N) is 1. The van der Waals surface area contributed by atoms with Crippen molar-refractivity contribution in [2.45, 2.75) is 19.6 Å². The topological polar surface area (TPSA) is 73.9 Å². The summed E-state index contributed by atoms with van der Waals surface area (Å²) in [5.41, 5.74) is 1.79. The molecule has 0 aliphatic carbocycles. The first-order valence-corrected chi connectivity index (χ1v) is 9.48. The Labute approximate surface area is 175 Å². The third-order valence-electron chi connectivity index (χ3n) is 4.23. The molecule has 1 N–H and O–H groups in total. The van der Waals surface area contributed by atoms with E-state index in [-0.39, 0.29) is 0 Å². The van der Waals surface area contributed by atoms with E-state index in [1.54, 1.807) is 49.6 Å². The van der Waals surface area contributed by atoms with Gasteiger partial charge in [-0.25, -0.2) is 4.79 Å². The first kappa shape index (κ1) is 21.1. The van der Waals surface area contributed by atoms with Gasteiger partial charge in [-0.15, -0.1) is 0 Å². The van der Waals surface area contributed by atoms with E-state index >= 15 is 0 Å². The predicted octanol–water partition coefficient (Wildman–Crippen LogP) is 4.81. The molecule has 154 valence electrons. The van der Waals surface area contributed by atoms with Crippen molar-refractivity contribution in [2.24, 2.45) is 0 Å². The predicted molar refractivity (Wildman–Crippen MR) is 114 cm³/mol. The van der Waals surface area contributed by atoms with E-state index in [0.717, 1.165) is 11.3 Å². The van der Waals surface area contributed by atoms with E-state index in [1.165, 1.54) is 6.92 Å². The summed E-state index contributed by atoms with van der Waals surface area (Å²) >= 11 is 0. The molecule has 3 aromatic carbocycles. The third-order valence-corrected chi connectivity index (χ3v) is 4.23. The first-order valence-electron chi connectivity index (χ1n) is 9.48. The fourth-order valence-electron chi connectivity index (χ4n) is 2.71. The zero-order valence-electron chi connectivity index (χ0n) is 16.8. The van der Waals surface area contributed by atoms with E-state index in [4.69, 9.17) is 14.2 Å². The Hall–Kier alpha value is -3.64. The molecule has 0 saturated heterocycles. The number of carbonyl (C=O) groups is 2. The molecule has 0 heterocycles. The Morgan fingerprint density at radius 3 is 2.30 bits per heavy atom. The van der Waals surface area contributed by atoms with Gasteiger partial charge in [-0.05, 0) is 61.0 Å². The highest BCUT2D eigenvalue weighted by atomic mass is 16.5. The average molecular weight is 405 g/mol. The minimum Gasteiger partial charge on any atom is -0.457 e. The van der Waals surface area contributed by atoms with Gasteiger partial charge >= 0.3 is 5.97 Å². The van der Waals surface area contributed by atoms with Crippen LogP contribution in [-0.4, -0.2) is 25.1 Å². The van der Waals surface area contributed by atoms with Crippen LogP contribution in [0.5, 0.6) is 11.5 Å². The van der Waals surface area contributed by atoms with E-state index in [9.17, 15) is 9.59 Å². The van der Waals surface area contributed by atoms with Crippen LogP contribution in [0.3, 0.4) is 0 Å². The number of amides is 1. The van der Waals surface area contributed by atoms with Crippen LogP contribution in [-0.2, 0) is 20.9 Å². The largest absolute Gasteiger partial charge is 0.457 e. The van der Waals surface area contributed by atoms with Crippen molar-refractivity contribution in [3.63, 3.8) is 0 Å². The summed E-state index contributed by atoms with van der Waals surface area (Å²) in [4.78, 5) is 24.7. The van der Waals surface area contributed by atoms with Crippen LogP contribution in [0.2, 0.25) is 0 Å². The smallest absolute Gasteiger partial charge is 0.338 e. The Morgan fingerprint density at radius 1 is 0.900 bits per heavy atom. The van der Waals surface area contributed by atoms with Crippen LogP contribution in [0.4, 0.5) is 5.69 Å². The monoisotopic (exact) mass is 405 g/mol. The SMILES string of the molecule is COCc1cccc(C(=O)O[C@@H](C)C(=O)Nc2ccc(Oc3ccccc3)cc2)c1. The van der Waals surface area contributed by atoms with Crippen molar-refractivity contribution in [1.29, 1.82) is 0 Å². The summed E-state index contributed by atoms with van der Waals surface area (Å²) in [5.74, 6) is 0.384. The number of anilines is 1. The minimum absolute atomic E-state index is 0.367. The lowest BCUT2D eigenvalue weighted by molar-refractivity contribution is -0.123. The molecule has 6 nitrogen and oxygen atoms in total. The third kappa shape index (κ3) is 5.93. The highest BCUT2D eigenvalue weighted by Crippen LogP contribution is 2.22. The lowest BCUT2D eigenvalue weighted by Crippen LogP contribution is -2.30. The number of rotatable bonds is 8. The molecule has 0 fully saturated rings. The number of ether oxygens (including phenoxy) is 3. The van der Waals surface area contributed by atoms with Gasteiger partial charge in [0, 0.05) is 12.8 Å². The van der Waals surface area contributed by atoms with Crippen LogP contribution in [0, 0.1) is 0 Å². The second kappa shape index (κ2) is 10.2. The van der Waals surface area contributed by atoms with Crippen LogP contribution < -0.4 is 10.1 Å². The number of para-hydroxylation sites is 1. The summed E-state index contributed by atoms with van der Waals surface area (Å²) in [7, 11) is 1.58. The van der Waals surface area contributed by atoms with Gasteiger partial charge in [0.15, 0.2) is 6.10 Å². The molecule has 0 bridgehead atoms. The molecule has 0 unspecified atom stereocenters. The molecule has 6 heteroatoms. The number of hydrogen-bond acceptors (Lipinski definition) is 5. The molecule has 0 aliphatic rings. The molecule has 0 aromatic heterocycles. The van der Waals surface area contributed by atoms with Crippen molar-refractivity contribution in [1.82, 2.24) is 0 Å². The molecule has 3 rings (SSSR count). The van der Waals surface area contributed by atoms with Crippen molar-refractivity contribution < 1.29 is 23.8 Å². The molecule has 30 heavy (non-hydrogen) atoms. The second-order valence-corrected chi connectivity index (χ2v) is 6.61. The Morgan fingerprint density at radius 2 is 1.60 bits per heavy atom. The molecule has 1 atom stereocenters. The van der Waals surface area contributed by atoms with Gasteiger partial charge in [-0.3, -0.25) is 4.79 Å². The molecule has 0 aliphatic heterocycles. The molecule has 0 saturated carbocycles. The standard InChI is InChI=1S/C24H23NO5/c1-17(29-24(27)19-8-6-7-18(15-19)16-28-2)23(26)25-20-11-13-22(14-12-20)30-21-9-4-3-5-10-21/h3-15,17H,16H2,1-2H3,(H,25,26)/t17-/m0/s1. The van der Waals surface area contributed by atoms with E-state index in [1.807, 2.05) is 36.4 Å². The summed E-state index contributed by atoms with van der Waals surface area (Å²) in [6.45, 7) is 1.92. The zero-order chi connectivity index (χ0) is 21.3. The van der Waals surface area contributed by atoms with Gasteiger partial charge in [0.2, 0.25) is 0 Å². The fraction of sp³-hybridized carbons (Fsp3) is 0.167. The molecule has 1 amide bonds. The van der Waals surface area contributed by atoms with Gasteiger partial charge in [0.25, 0.3) is 5.91 Å². The summed E-state index contributed by atoms with van der Waals surface area (Å²) in [5, 5.41) is 2.73. The normalized spacial score (nSPS) is 11.4. The second-order valence-electron chi connectivity index (χ2n) is 6.61. The number of carbonyl (C=O) groups excluding carboxylic acids is 2. The Kier molecular flexibility index (Phi) is 7.19. The molecule has 3 aromatic rings. The Balaban J connectivity index is 1.55. The summed E-state index contributed by atoms with van der Waals surface area (Å²) in [6.07, 6.45) is -0.955. The lowest BCUT2D eigenvalue weighted by atomic mass is 10.1. The molecule has 0 spiro atoms. The maximum absolute atomic E-state index is 12.4. The van der Waals surface area contributed by atoms with Gasteiger partial charge in [0.1, 0.15) is 11.5 Å². The fourth-order valence-corrected chi connectivity index (χ4v) is 2.71. The highest BCUT2D eigenvalue weighted by molar-refractivity contribution is 5.97. The van der Waals surface area contributed by atoms with E-state index in [0.29, 0.717) is 23.6 Å². The maximum atomic E-state index is 12.4. The van der Waals surface area contributed by atoms with Crippen LogP contribution in [0.15, 0.2) is 78.9 Å². The molecular formula is C24H23NO5.